The van der Waals surface area contributed by atoms with Crippen molar-refractivity contribution in [1.82, 2.24) is 5.32 Å². The molecule has 0 spiro atoms. The third-order valence-corrected chi connectivity index (χ3v) is 5.32. The van der Waals surface area contributed by atoms with Crippen LogP contribution in [-0.4, -0.2) is 41.7 Å². The minimum absolute atomic E-state index is 0.00253. The number of nitrogens with one attached hydrogen (secondary N) is 1. The summed E-state index contributed by atoms with van der Waals surface area (Å²) in [6.07, 6.45) is 3.57. The molecule has 1 fully saturated rings. The number of rotatable bonds is 6. The van der Waals surface area contributed by atoms with Crippen molar-refractivity contribution in [3.63, 3.8) is 0 Å². The number of carbonyl (C=O) groups excluding carboxylic acids is 3. The monoisotopic (exact) mass is 404 g/mol. The maximum atomic E-state index is 13.2. The number of carbonyl (C=O) groups is 3. The van der Waals surface area contributed by atoms with Crippen molar-refractivity contribution in [3.05, 3.63) is 30.1 Å². The van der Waals surface area contributed by atoms with E-state index in [1.54, 1.807) is 6.92 Å². The lowest BCUT2D eigenvalue weighted by Crippen LogP contribution is -2.57. The average Bonchev–Trinajstić information content (AvgIpc) is 3.15. The Morgan fingerprint density at radius 3 is 2.48 bits per heavy atom. The largest absolute Gasteiger partial charge is 0.464 e. The van der Waals surface area contributed by atoms with Gasteiger partial charge in [-0.15, -0.1) is 0 Å². The van der Waals surface area contributed by atoms with E-state index in [9.17, 15) is 18.8 Å². The van der Waals surface area contributed by atoms with Crippen molar-refractivity contribution < 1.29 is 23.5 Å². The highest BCUT2D eigenvalue weighted by molar-refractivity contribution is 6.40. The molecule has 1 aliphatic heterocycles. The molecule has 0 saturated heterocycles. The summed E-state index contributed by atoms with van der Waals surface area (Å²) < 4.78 is 18.4. The van der Waals surface area contributed by atoms with E-state index in [1.807, 2.05) is 0 Å². The number of amides is 2. The van der Waals surface area contributed by atoms with E-state index in [4.69, 9.17) is 10.5 Å². The Balaban J connectivity index is 1.83. The van der Waals surface area contributed by atoms with Crippen LogP contribution in [0.15, 0.2) is 29.4 Å². The number of ether oxygens (including phenoxy) is 1. The Morgan fingerprint density at radius 1 is 1.24 bits per heavy atom. The van der Waals surface area contributed by atoms with Crippen LogP contribution in [0.1, 0.15) is 45.4 Å². The van der Waals surface area contributed by atoms with Crippen LogP contribution >= 0.6 is 0 Å². The number of benzene rings is 1. The minimum Gasteiger partial charge on any atom is -0.464 e. The number of primary amides is 1. The average molecular weight is 404 g/mol. The first-order valence-corrected chi connectivity index (χ1v) is 9.77. The van der Waals surface area contributed by atoms with E-state index in [0.717, 1.165) is 19.3 Å². The molecule has 1 atom stereocenters. The van der Waals surface area contributed by atoms with Crippen molar-refractivity contribution >= 4 is 29.2 Å². The number of hydrogen-bond acceptors (Lipinski definition) is 6. The summed E-state index contributed by atoms with van der Waals surface area (Å²) in [5.41, 5.74) is 4.93. The number of anilines is 1. The van der Waals surface area contributed by atoms with Crippen molar-refractivity contribution in [3.8, 4) is 0 Å². The minimum atomic E-state index is -1.08. The van der Waals surface area contributed by atoms with E-state index < -0.39 is 35.2 Å². The van der Waals surface area contributed by atoms with Gasteiger partial charge in [-0.2, -0.15) is 5.10 Å². The number of halogens is 1. The molecule has 1 heterocycles. The zero-order chi connectivity index (χ0) is 21.0. The summed E-state index contributed by atoms with van der Waals surface area (Å²) in [5, 5.41) is 8.39. The van der Waals surface area contributed by atoms with Crippen molar-refractivity contribution in [2.75, 3.05) is 11.6 Å². The smallest absolute Gasteiger partial charge is 0.331 e. The highest BCUT2D eigenvalue weighted by atomic mass is 19.1. The van der Waals surface area contributed by atoms with Crippen LogP contribution in [0.3, 0.4) is 0 Å². The fourth-order valence-electron chi connectivity index (χ4n) is 3.80. The van der Waals surface area contributed by atoms with Gasteiger partial charge in [0.2, 0.25) is 5.91 Å². The number of nitrogens with zero attached hydrogens (tertiary/aromatic N) is 2. The molecular formula is C20H25FN4O4. The standard InChI is InChI=1S/C20H25FN4O4/c1-2-29-19(28)20(10-4-3-5-11-20)23-18(27)15-12-16(17(22)26)25(24-15)14-8-6-13(21)7-9-14/h6-9,16H,2-5,10-12H2,1H3,(H2,22,26)(H,23,27). The second-order valence-corrected chi connectivity index (χ2v) is 7.31. The third kappa shape index (κ3) is 4.38. The highest BCUT2D eigenvalue weighted by Crippen LogP contribution is 2.30. The quantitative estimate of drug-likeness (QED) is 0.700. The van der Waals surface area contributed by atoms with Gasteiger partial charge in [0.05, 0.1) is 12.3 Å². The fraction of sp³-hybridized carbons (Fsp3) is 0.500. The predicted molar refractivity (Wildman–Crippen MR) is 105 cm³/mol. The van der Waals surface area contributed by atoms with E-state index in [0.29, 0.717) is 18.5 Å². The van der Waals surface area contributed by atoms with E-state index >= 15 is 0 Å². The Morgan fingerprint density at radius 2 is 1.90 bits per heavy atom. The number of hydrogen-bond donors (Lipinski definition) is 2. The lowest BCUT2D eigenvalue weighted by atomic mass is 9.81. The summed E-state index contributed by atoms with van der Waals surface area (Å²) in [4.78, 5) is 37.4. The first-order valence-electron chi connectivity index (χ1n) is 9.77. The molecule has 0 bridgehead atoms. The van der Waals surface area contributed by atoms with E-state index in [1.165, 1.54) is 29.3 Å². The second-order valence-electron chi connectivity index (χ2n) is 7.31. The summed E-state index contributed by atoms with van der Waals surface area (Å²) >= 11 is 0. The lowest BCUT2D eigenvalue weighted by molar-refractivity contribution is -0.154. The summed E-state index contributed by atoms with van der Waals surface area (Å²) in [7, 11) is 0. The maximum absolute atomic E-state index is 13.2. The van der Waals surface area contributed by atoms with Gasteiger partial charge in [0.15, 0.2) is 0 Å². The van der Waals surface area contributed by atoms with Crippen LogP contribution in [0, 0.1) is 5.82 Å². The fourth-order valence-corrected chi connectivity index (χ4v) is 3.80. The molecule has 1 aromatic rings. The Bertz CT molecular complexity index is 818. The molecule has 2 aliphatic rings. The molecule has 9 heteroatoms. The van der Waals surface area contributed by atoms with Gasteiger partial charge in [-0.05, 0) is 44.0 Å². The van der Waals surface area contributed by atoms with Crippen LogP contribution in [0.2, 0.25) is 0 Å². The third-order valence-electron chi connectivity index (χ3n) is 5.32. The molecule has 0 aromatic heterocycles. The molecule has 156 valence electrons. The molecule has 3 rings (SSSR count). The zero-order valence-electron chi connectivity index (χ0n) is 16.3. The molecule has 1 unspecified atom stereocenters. The van der Waals surface area contributed by atoms with Gasteiger partial charge in [0.1, 0.15) is 23.1 Å². The molecule has 1 saturated carbocycles. The molecule has 1 aromatic carbocycles. The van der Waals surface area contributed by atoms with Gasteiger partial charge in [-0.1, -0.05) is 19.3 Å². The van der Waals surface area contributed by atoms with Gasteiger partial charge >= 0.3 is 5.97 Å². The first-order chi connectivity index (χ1) is 13.9. The van der Waals surface area contributed by atoms with Gasteiger partial charge < -0.3 is 15.8 Å². The molecule has 8 nitrogen and oxygen atoms in total. The van der Waals surface area contributed by atoms with Crippen LogP contribution in [-0.2, 0) is 19.1 Å². The van der Waals surface area contributed by atoms with Gasteiger partial charge in [-0.3, -0.25) is 14.6 Å². The summed E-state index contributed by atoms with van der Waals surface area (Å²) in [5.74, 6) is -2.07. The molecule has 1 aliphatic carbocycles. The second kappa shape index (κ2) is 8.59. The zero-order valence-corrected chi connectivity index (χ0v) is 16.3. The topological polar surface area (TPSA) is 114 Å². The molecular weight excluding hydrogens is 379 g/mol. The van der Waals surface area contributed by atoms with Crippen molar-refractivity contribution in [2.45, 2.75) is 57.0 Å². The maximum Gasteiger partial charge on any atom is 0.331 e. The molecule has 2 amide bonds. The van der Waals surface area contributed by atoms with Crippen LogP contribution in [0.5, 0.6) is 0 Å². The van der Waals surface area contributed by atoms with Gasteiger partial charge in [-0.25, -0.2) is 9.18 Å². The number of nitrogens with two attached hydrogens (primary N) is 1. The predicted octanol–water partition coefficient (Wildman–Crippen LogP) is 1.63. The SMILES string of the molecule is CCOC(=O)C1(NC(=O)C2=NN(c3ccc(F)cc3)C(C(N)=O)C2)CCCCC1. The Labute approximate surface area is 168 Å². The van der Waals surface area contributed by atoms with Gasteiger partial charge in [0.25, 0.3) is 5.91 Å². The van der Waals surface area contributed by atoms with E-state index in [-0.39, 0.29) is 18.7 Å². The van der Waals surface area contributed by atoms with Crippen molar-refractivity contribution in [2.24, 2.45) is 10.8 Å². The molecule has 3 N–H and O–H groups in total. The van der Waals surface area contributed by atoms with Crippen molar-refractivity contribution in [1.29, 1.82) is 0 Å². The Kier molecular flexibility index (Phi) is 6.14. The Hall–Kier alpha value is -2.97. The first kappa shape index (κ1) is 20.8. The molecule has 29 heavy (non-hydrogen) atoms. The van der Waals surface area contributed by atoms with Crippen LogP contribution < -0.4 is 16.1 Å². The number of hydrazone groups is 1. The van der Waals surface area contributed by atoms with Crippen LogP contribution in [0.4, 0.5) is 10.1 Å². The number of esters is 1. The van der Waals surface area contributed by atoms with Crippen LogP contribution in [0.25, 0.3) is 0 Å². The summed E-state index contributed by atoms with van der Waals surface area (Å²) in [6.45, 7) is 1.94. The molecule has 0 radical (unpaired) electrons. The van der Waals surface area contributed by atoms with E-state index in [2.05, 4.69) is 10.4 Å². The lowest BCUT2D eigenvalue weighted by Gasteiger charge is -2.35. The van der Waals surface area contributed by atoms with Gasteiger partial charge in [0, 0.05) is 6.42 Å². The highest BCUT2D eigenvalue weighted by Gasteiger charge is 2.44. The summed E-state index contributed by atoms with van der Waals surface area (Å²) in [6, 6.07) is 4.51. The normalized spacial score (nSPS) is 20.7.